The number of hydrogen-bond acceptors (Lipinski definition) is 4. The number of aromatic nitrogens is 2. The Kier molecular flexibility index (Phi) is 5.55. The maximum Gasteiger partial charge on any atom is 0.132 e. The number of hydrogen-bond donors (Lipinski definition) is 0. The molecule has 0 aliphatic carbocycles. The average Bonchev–Trinajstić information content (AvgIpc) is 3.17. The third-order valence-corrected chi connectivity index (χ3v) is 5.78. The molecule has 0 fully saturated rings. The number of para-hydroxylation sites is 2. The van der Waals surface area contributed by atoms with E-state index in [9.17, 15) is 5.26 Å². The Morgan fingerprint density at radius 2 is 1.97 bits per heavy atom. The van der Waals surface area contributed by atoms with Gasteiger partial charge in [0.05, 0.1) is 36.1 Å². The molecule has 0 aliphatic heterocycles. The molecule has 1 aromatic heterocycles. The molecule has 5 heteroatoms. The van der Waals surface area contributed by atoms with Crippen molar-refractivity contribution in [1.29, 1.82) is 5.26 Å². The summed E-state index contributed by atoms with van der Waals surface area (Å²) in [6.45, 7) is 2.82. The normalized spacial score (nSPS) is 10.8. The van der Waals surface area contributed by atoms with Gasteiger partial charge in [0, 0.05) is 11.4 Å². The van der Waals surface area contributed by atoms with Crippen molar-refractivity contribution in [3.63, 3.8) is 0 Å². The van der Waals surface area contributed by atoms with E-state index in [2.05, 4.69) is 40.7 Å². The molecule has 4 aromatic rings. The van der Waals surface area contributed by atoms with Crippen molar-refractivity contribution in [2.24, 2.45) is 0 Å². The van der Waals surface area contributed by atoms with Crippen molar-refractivity contribution >= 4 is 22.8 Å². The molecule has 4 rings (SSSR count). The Balaban J connectivity index is 1.74. The Bertz CT molecular complexity index is 1210. The number of fused-ring (bicyclic) bond motifs is 1. The average molecular weight is 400 g/mol. The highest BCUT2D eigenvalue weighted by atomic mass is 32.2. The predicted octanol–water partition coefficient (Wildman–Crippen LogP) is 5.74. The first-order valence-electron chi connectivity index (χ1n) is 9.47. The lowest BCUT2D eigenvalue weighted by molar-refractivity contribution is 0.405. The fourth-order valence-corrected chi connectivity index (χ4v) is 4.29. The molecule has 0 bridgehead atoms. The van der Waals surface area contributed by atoms with Gasteiger partial charge in [-0.25, -0.2) is 4.98 Å². The maximum atomic E-state index is 9.65. The second-order valence-electron chi connectivity index (χ2n) is 6.65. The lowest BCUT2D eigenvalue weighted by atomic mass is 9.97. The summed E-state index contributed by atoms with van der Waals surface area (Å²) in [4.78, 5) is 5.56. The van der Waals surface area contributed by atoms with Gasteiger partial charge in [0.1, 0.15) is 5.75 Å². The van der Waals surface area contributed by atoms with Crippen LogP contribution in [0.5, 0.6) is 5.75 Å². The standard InChI is InChI=1S/C24H21N3OS/c1-3-29-24-13-18(10-11-23(24)28-2)20-12-17(8-9-19(20)14-25)15-27-16-26-21-6-4-5-7-22(21)27/h4-13,16H,3,15H2,1-2H3. The quantitative estimate of drug-likeness (QED) is 0.388. The minimum absolute atomic E-state index is 0.668. The van der Waals surface area contributed by atoms with Crippen LogP contribution in [0.4, 0.5) is 0 Å². The third kappa shape index (κ3) is 3.85. The van der Waals surface area contributed by atoms with Crippen LogP contribution in [0.2, 0.25) is 0 Å². The van der Waals surface area contributed by atoms with Gasteiger partial charge < -0.3 is 9.30 Å². The summed E-state index contributed by atoms with van der Waals surface area (Å²) < 4.78 is 7.62. The van der Waals surface area contributed by atoms with Crippen LogP contribution >= 0.6 is 11.8 Å². The lowest BCUT2D eigenvalue weighted by Gasteiger charge is -2.13. The van der Waals surface area contributed by atoms with Crippen LogP contribution < -0.4 is 4.74 Å². The number of methoxy groups -OCH3 is 1. The molecule has 4 nitrogen and oxygen atoms in total. The minimum atomic E-state index is 0.668. The molecular weight excluding hydrogens is 378 g/mol. The third-order valence-electron chi connectivity index (χ3n) is 4.86. The van der Waals surface area contributed by atoms with E-state index in [1.807, 2.05) is 48.8 Å². The molecule has 29 heavy (non-hydrogen) atoms. The highest BCUT2D eigenvalue weighted by Crippen LogP contribution is 2.35. The first kappa shape index (κ1) is 19.1. The summed E-state index contributed by atoms with van der Waals surface area (Å²) in [5.74, 6) is 1.82. The van der Waals surface area contributed by atoms with E-state index in [1.165, 1.54) is 0 Å². The zero-order valence-corrected chi connectivity index (χ0v) is 17.2. The van der Waals surface area contributed by atoms with Gasteiger partial charge in [0.25, 0.3) is 0 Å². The van der Waals surface area contributed by atoms with E-state index in [0.717, 1.165) is 44.1 Å². The largest absolute Gasteiger partial charge is 0.496 e. The van der Waals surface area contributed by atoms with Crippen LogP contribution in [0, 0.1) is 11.3 Å². The molecular formula is C24H21N3OS. The fraction of sp³-hybridized carbons (Fsp3) is 0.167. The fourth-order valence-electron chi connectivity index (χ4n) is 3.47. The van der Waals surface area contributed by atoms with Crippen LogP contribution in [0.3, 0.4) is 0 Å². The molecule has 0 aliphatic rings. The van der Waals surface area contributed by atoms with Crippen LogP contribution in [0.25, 0.3) is 22.2 Å². The molecule has 0 N–H and O–H groups in total. The molecule has 0 spiro atoms. The van der Waals surface area contributed by atoms with Crippen molar-refractivity contribution in [2.45, 2.75) is 18.4 Å². The first-order valence-corrected chi connectivity index (χ1v) is 10.5. The van der Waals surface area contributed by atoms with E-state index in [-0.39, 0.29) is 0 Å². The Morgan fingerprint density at radius 3 is 2.76 bits per heavy atom. The summed E-state index contributed by atoms with van der Waals surface area (Å²) in [6, 6.07) is 22.6. The van der Waals surface area contributed by atoms with E-state index in [4.69, 9.17) is 4.74 Å². The number of rotatable bonds is 6. The summed E-state index contributed by atoms with van der Waals surface area (Å²) in [7, 11) is 1.69. The van der Waals surface area contributed by atoms with Gasteiger partial charge in [-0.05, 0) is 58.8 Å². The molecule has 144 valence electrons. The van der Waals surface area contributed by atoms with Gasteiger partial charge in [-0.3, -0.25) is 0 Å². The molecule has 1 heterocycles. The summed E-state index contributed by atoms with van der Waals surface area (Å²) in [5.41, 5.74) is 5.84. The predicted molar refractivity (Wildman–Crippen MR) is 118 cm³/mol. The number of imidazole rings is 1. The number of nitriles is 1. The first-order chi connectivity index (χ1) is 14.2. The van der Waals surface area contributed by atoms with Gasteiger partial charge in [-0.15, -0.1) is 11.8 Å². The van der Waals surface area contributed by atoms with E-state index in [1.54, 1.807) is 18.9 Å². The molecule has 0 saturated heterocycles. The van der Waals surface area contributed by atoms with Gasteiger partial charge >= 0.3 is 0 Å². The Morgan fingerprint density at radius 1 is 1.10 bits per heavy atom. The number of ether oxygens (including phenoxy) is 1. The second-order valence-corrected chi connectivity index (χ2v) is 7.96. The van der Waals surface area contributed by atoms with Crippen molar-refractivity contribution in [3.05, 3.63) is 78.1 Å². The molecule has 0 amide bonds. The summed E-state index contributed by atoms with van der Waals surface area (Å²) in [6.07, 6.45) is 1.87. The van der Waals surface area contributed by atoms with Crippen LogP contribution in [-0.4, -0.2) is 22.4 Å². The second kappa shape index (κ2) is 8.42. The van der Waals surface area contributed by atoms with Crippen molar-refractivity contribution < 1.29 is 4.74 Å². The summed E-state index contributed by atoms with van der Waals surface area (Å²) >= 11 is 1.74. The number of thioether (sulfide) groups is 1. The zero-order valence-electron chi connectivity index (χ0n) is 16.4. The highest BCUT2D eigenvalue weighted by Gasteiger charge is 2.11. The topological polar surface area (TPSA) is 50.8 Å². The lowest BCUT2D eigenvalue weighted by Crippen LogP contribution is -1.99. The molecule has 3 aromatic carbocycles. The van der Waals surface area contributed by atoms with E-state index in [0.29, 0.717) is 12.1 Å². The molecule has 0 unspecified atom stereocenters. The van der Waals surface area contributed by atoms with E-state index < -0.39 is 0 Å². The summed E-state index contributed by atoms with van der Waals surface area (Å²) in [5, 5.41) is 9.65. The van der Waals surface area contributed by atoms with Crippen LogP contribution in [-0.2, 0) is 6.54 Å². The van der Waals surface area contributed by atoms with Crippen molar-refractivity contribution in [3.8, 4) is 22.9 Å². The number of nitrogens with zero attached hydrogens (tertiary/aromatic N) is 3. The smallest absolute Gasteiger partial charge is 0.132 e. The zero-order chi connectivity index (χ0) is 20.2. The number of benzene rings is 3. The van der Waals surface area contributed by atoms with Gasteiger partial charge in [-0.1, -0.05) is 31.2 Å². The van der Waals surface area contributed by atoms with Gasteiger partial charge in [0.2, 0.25) is 0 Å². The van der Waals surface area contributed by atoms with Crippen molar-refractivity contribution in [2.75, 3.05) is 12.9 Å². The minimum Gasteiger partial charge on any atom is -0.496 e. The van der Waals surface area contributed by atoms with Crippen LogP contribution in [0.1, 0.15) is 18.1 Å². The maximum absolute atomic E-state index is 9.65. The molecule has 0 saturated carbocycles. The Hall–Kier alpha value is -3.23. The monoisotopic (exact) mass is 399 g/mol. The molecule has 0 atom stereocenters. The van der Waals surface area contributed by atoms with Crippen molar-refractivity contribution in [1.82, 2.24) is 9.55 Å². The highest BCUT2D eigenvalue weighted by molar-refractivity contribution is 7.99. The van der Waals surface area contributed by atoms with Gasteiger partial charge in [-0.2, -0.15) is 5.26 Å². The van der Waals surface area contributed by atoms with E-state index >= 15 is 0 Å². The SMILES string of the molecule is CCSc1cc(-c2cc(Cn3cnc4ccccc43)ccc2C#N)ccc1OC. The Labute approximate surface area is 174 Å². The van der Waals surface area contributed by atoms with Gasteiger partial charge in [0.15, 0.2) is 0 Å². The molecule has 0 radical (unpaired) electrons. The van der Waals surface area contributed by atoms with Crippen LogP contribution in [0.15, 0.2) is 71.9 Å².